The molecule has 6 heteroatoms. The molecular formula is C15H10BrFN2O2. The van der Waals surface area contributed by atoms with Crippen LogP contribution in [-0.4, -0.2) is 12.5 Å². The monoisotopic (exact) mass is 348 g/mol. The molecule has 0 saturated carbocycles. The van der Waals surface area contributed by atoms with E-state index in [1.807, 2.05) is 6.07 Å². The molecule has 0 bridgehead atoms. The maximum Gasteiger partial charge on any atom is 0.262 e. The Morgan fingerprint density at radius 2 is 2.00 bits per heavy atom. The molecule has 1 N–H and O–H groups in total. The van der Waals surface area contributed by atoms with Gasteiger partial charge >= 0.3 is 0 Å². The second-order valence-electron chi connectivity index (χ2n) is 4.10. The van der Waals surface area contributed by atoms with Crippen LogP contribution in [0.5, 0.6) is 5.75 Å². The van der Waals surface area contributed by atoms with Crippen LogP contribution in [-0.2, 0) is 4.79 Å². The molecule has 0 aromatic heterocycles. The molecule has 1 amide bonds. The van der Waals surface area contributed by atoms with E-state index in [2.05, 4.69) is 21.2 Å². The van der Waals surface area contributed by atoms with Gasteiger partial charge in [0.15, 0.2) is 6.61 Å². The number of nitrogens with one attached hydrogen (secondary N) is 1. The van der Waals surface area contributed by atoms with E-state index in [-0.39, 0.29) is 12.5 Å². The van der Waals surface area contributed by atoms with Crippen LogP contribution >= 0.6 is 15.9 Å². The number of halogens is 2. The van der Waals surface area contributed by atoms with Gasteiger partial charge in [-0.1, -0.05) is 0 Å². The molecule has 0 aliphatic carbocycles. The molecule has 4 nitrogen and oxygen atoms in total. The zero-order valence-corrected chi connectivity index (χ0v) is 12.4. The summed E-state index contributed by atoms with van der Waals surface area (Å²) in [4.78, 5) is 11.7. The van der Waals surface area contributed by atoms with Gasteiger partial charge in [0.2, 0.25) is 0 Å². The number of ether oxygens (including phenoxy) is 1. The first kappa shape index (κ1) is 15.0. The number of nitrogens with zero attached hydrogens (tertiary/aromatic N) is 1. The summed E-state index contributed by atoms with van der Waals surface area (Å²) in [5, 5.41) is 11.3. The highest BCUT2D eigenvalue weighted by atomic mass is 79.9. The average Bonchev–Trinajstić information content (AvgIpc) is 2.47. The fourth-order valence-corrected chi connectivity index (χ4v) is 2.03. The van der Waals surface area contributed by atoms with Gasteiger partial charge in [-0.05, 0) is 58.4 Å². The lowest BCUT2D eigenvalue weighted by molar-refractivity contribution is -0.118. The molecule has 2 rings (SSSR count). The number of benzene rings is 2. The summed E-state index contributed by atoms with van der Waals surface area (Å²) in [5.41, 5.74) is 1.08. The molecule has 2 aromatic carbocycles. The highest BCUT2D eigenvalue weighted by molar-refractivity contribution is 9.10. The fourth-order valence-electron chi connectivity index (χ4n) is 1.56. The Morgan fingerprint density at radius 1 is 1.29 bits per heavy atom. The van der Waals surface area contributed by atoms with Gasteiger partial charge < -0.3 is 10.1 Å². The van der Waals surface area contributed by atoms with Crippen LogP contribution in [0.4, 0.5) is 10.1 Å². The lowest BCUT2D eigenvalue weighted by Crippen LogP contribution is -2.20. The smallest absolute Gasteiger partial charge is 0.262 e. The highest BCUT2D eigenvalue weighted by Crippen LogP contribution is 2.25. The molecule has 0 aliphatic rings. The van der Waals surface area contributed by atoms with Gasteiger partial charge in [-0.3, -0.25) is 4.79 Å². The van der Waals surface area contributed by atoms with Crippen molar-refractivity contribution in [3.63, 3.8) is 0 Å². The predicted octanol–water partition coefficient (Wildman–Crippen LogP) is 3.48. The summed E-state index contributed by atoms with van der Waals surface area (Å²) >= 11 is 3.15. The number of carbonyl (C=O) groups excluding carboxylic acids is 1. The van der Waals surface area contributed by atoms with Crippen LogP contribution in [0.1, 0.15) is 5.56 Å². The van der Waals surface area contributed by atoms with E-state index in [1.165, 1.54) is 18.2 Å². The van der Waals surface area contributed by atoms with Gasteiger partial charge in [0, 0.05) is 5.69 Å². The Hall–Kier alpha value is -2.39. The van der Waals surface area contributed by atoms with Crippen LogP contribution in [0.2, 0.25) is 0 Å². The number of hydrogen-bond acceptors (Lipinski definition) is 3. The number of carbonyl (C=O) groups is 1. The molecule has 106 valence electrons. The third-order valence-electron chi connectivity index (χ3n) is 2.55. The fraction of sp³-hybridized carbons (Fsp3) is 0.0667. The van der Waals surface area contributed by atoms with E-state index >= 15 is 0 Å². The molecule has 0 unspecified atom stereocenters. The molecule has 2 aromatic rings. The van der Waals surface area contributed by atoms with Gasteiger partial charge in [-0.25, -0.2) is 4.39 Å². The van der Waals surface area contributed by atoms with Gasteiger partial charge in [0.05, 0.1) is 16.1 Å². The molecule has 21 heavy (non-hydrogen) atoms. The Balaban J connectivity index is 1.91. The van der Waals surface area contributed by atoms with Gasteiger partial charge in [0.25, 0.3) is 5.91 Å². The van der Waals surface area contributed by atoms with Crippen molar-refractivity contribution >= 4 is 27.5 Å². The van der Waals surface area contributed by atoms with Gasteiger partial charge in [-0.15, -0.1) is 0 Å². The first-order valence-corrected chi connectivity index (χ1v) is 6.75. The van der Waals surface area contributed by atoms with Crippen LogP contribution in [0, 0.1) is 17.1 Å². The molecule has 0 atom stereocenters. The summed E-state index contributed by atoms with van der Waals surface area (Å²) < 4.78 is 18.6. The SMILES string of the molecule is N#Cc1ccc(NC(=O)COc2ccc(F)cc2Br)cc1. The second-order valence-corrected chi connectivity index (χ2v) is 4.96. The van der Waals surface area contributed by atoms with Crippen molar-refractivity contribution in [3.8, 4) is 11.8 Å². The first-order chi connectivity index (χ1) is 10.1. The zero-order chi connectivity index (χ0) is 15.2. The standard InChI is InChI=1S/C15H10BrFN2O2/c16-13-7-11(17)3-6-14(13)21-9-15(20)19-12-4-1-10(8-18)2-5-12/h1-7H,9H2,(H,19,20). The Bertz CT molecular complexity index is 696. The summed E-state index contributed by atoms with van der Waals surface area (Å²) in [5.74, 6) is -0.362. The predicted molar refractivity (Wildman–Crippen MR) is 79.4 cm³/mol. The molecule has 0 saturated heterocycles. The van der Waals surface area contributed by atoms with Crippen molar-refractivity contribution in [2.24, 2.45) is 0 Å². The van der Waals surface area contributed by atoms with E-state index in [0.29, 0.717) is 21.5 Å². The average molecular weight is 349 g/mol. The normalized spacial score (nSPS) is 9.76. The maximum absolute atomic E-state index is 12.9. The number of amides is 1. The van der Waals surface area contributed by atoms with Crippen molar-refractivity contribution in [1.29, 1.82) is 5.26 Å². The first-order valence-electron chi connectivity index (χ1n) is 5.96. The number of hydrogen-bond donors (Lipinski definition) is 1. The lowest BCUT2D eigenvalue weighted by atomic mass is 10.2. The van der Waals surface area contributed by atoms with E-state index in [9.17, 15) is 9.18 Å². The molecule has 0 fully saturated rings. The van der Waals surface area contributed by atoms with Crippen molar-refractivity contribution in [1.82, 2.24) is 0 Å². The summed E-state index contributed by atoms with van der Waals surface area (Å²) in [6, 6.07) is 12.4. The largest absolute Gasteiger partial charge is 0.483 e. The molecular weight excluding hydrogens is 339 g/mol. The third kappa shape index (κ3) is 4.29. The van der Waals surface area contributed by atoms with E-state index in [0.717, 1.165) is 0 Å². The second kappa shape index (κ2) is 6.86. The maximum atomic E-state index is 12.9. The van der Waals surface area contributed by atoms with Crippen LogP contribution < -0.4 is 10.1 Å². The lowest BCUT2D eigenvalue weighted by Gasteiger charge is -2.09. The van der Waals surface area contributed by atoms with Crippen molar-refractivity contribution in [3.05, 3.63) is 58.3 Å². The summed E-state index contributed by atoms with van der Waals surface area (Å²) in [6.45, 7) is -0.204. The van der Waals surface area contributed by atoms with Gasteiger partial charge in [-0.2, -0.15) is 5.26 Å². The van der Waals surface area contributed by atoms with Crippen molar-refractivity contribution in [2.45, 2.75) is 0 Å². The van der Waals surface area contributed by atoms with Crippen molar-refractivity contribution in [2.75, 3.05) is 11.9 Å². The highest BCUT2D eigenvalue weighted by Gasteiger charge is 2.07. The topological polar surface area (TPSA) is 62.1 Å². The quantitative estimate of drug-likeness (QED) is 0.919. The zero-order valence-electron chi connectivity index (χ0n) is 10.8. The molecule has 0 spiro atoms. The number of anilines is 1. The molecule has 0 radical (unpaired) electrons. The minimum atomic E-state index is -0.392. The van der Waals surface area contributed by atoms with E-state index in [1.54, 1.807) is 24.3 Å². The number of nitriles is 1. The van der Waals surface area contributed by atoms with E-state index < -0.39 is 5.82 Å². The number of rotatable bonds is 4. The van der Waals surface area contributed by atoms with Crippen LogP contribution in [0.15, 0.2) is 46.9 Å². The van der Waals surface area contributed by atoms with Gasteiger partial charge in [0.1, 0.15) is 11.6 Å². The minimum absolute atomic E-state index is 0.204. The Labute approximate surface area is 129 Å². The summed E-state index contributed by atoms with van der Waals surface area (Å²) in [6.07, 6.45) is 0. The Kier molecular flexibility index (Phi) is 4.90. The molecule has 0 heterocycles. The Morgan fingerprint density at radius 3 is 2.62 bits per heavy atom. The van der Waals surface area contributed by atoms with E-state index in [4.69, 9.17) is 10.00 Å². The van der Waals surface area contributed by atoms with Crippen LogP contribution in [0.3, 0.4) is 0 Å². The minimum Gasteiger partial charge on any atom is -0.483 e. The van der Waals surface area contributed by atoms with Crippen LogP contribution in [0.25, 0.3) is 0 Å². The molecule has 0 aliphatic heterocycles. The summed E-state index contributed by atoms with van der Waals surface area (Å²) in [7, 11) is 0. The third-order valence-corrected chi connectivity index (χ3v) is 3.17. The van der Waals surface area contributed by atoms with Crippen molar-refractivity contribution < 1.29 is 13.9 Å².